The van der Waals surface area contributed by atoms with Gasteiger partial charge >= 0.3 is 5.97 Å². The Morgan fingerprint density at radius 3 is 2.63 bits per heavy atom. The predicted octanol–water partition coefficient (Wildman–Crippen LogP) is 4.41. The van der Waals surface area contributed by atoms with Crippen LogP contribution in [0.2, 0.25) is 0 Å². The van der Waals surface area contributed by atoms with E-state index in [0.29, 0.717) is 18.7 Å². The number of esters is 1. The summed E-state index contributed by atoms with van der Waals surface area (Å²) < 4.78 is 33.3. The molecule has 6 heteroatoms. The highest BCUT2D eigenvalue weighted by atomic mass is 32.2. The van der Waals surface area contributed by atoms with Crippen LogP contribution in [0.1, 0.15) is 32.6 Å². The summed E-state index contributed by atoms with van der Waals surface area (Å²) in [5, 5.41) is 0. The van der Waals surface area contributed by atoms with Crippen LogP contribution in [0.25, 0.3) is 0 Å². The van der Waals surface area contributed by atoms with Gasteiger partial charge in [0, 0.05) is 6.54 Å². The molecule has 0 aliphatic carbocycles. The van der Waals surface area contributed by atoms with Gasteiger partial charge in [-0.3, -0.25) is 4.31 Å². The van der Waals surface area contributed by atoms with Crippen molar-refractivity contribution in [1.82, 2.24) is 0 Å². The van der Waals surface area contributed by atoms with Crippen LogP contribution in [-0.2, 0) is 27.8 Å². The fraction of sp³-hybridized carbons (Fsp3) is 0.208. The predicted molar refractivity (Wildman–Crippen MR) is 116 cm³/mol. The first-order valence-electron chi connectivity index (χ1n) is 9.80. The Morgan fingerprint density at radius 2 is 1.80 bits per heavy atom. The van der Waals surface area contributed by atoms with Gasteiger partial charge in [-0.05, 0) is 61.2 Å². The number of benzene rings is 3. The number of anilines is 1. The molecule has 154 valence electrons. The monoisotopic (exact) mass is 421 g/mol. The van der Waals surface area contributed by atoms with Gasteiger partial charge in [0.05, 0.1) is 16.1 Å². The van der Waals surface area contributed by atoms with E-state index in [9.17, 15) is 13.2 Å². The summed E-state index contributed by atoms with van der Waals surface area (Å²) in [6.07, 6.45) is 0.674. The minimum absolute atomic E-state index is 0.0837. The molecule has 0 saturated heterocycles. The van der Waals surface area contributed by atoms with Crippen molar-refractivity contribution in [3.05, 3.63) is 94.5 Å². The number of ether oxygens (including phenoxy) is 1. The Morgan fingerprint density at radius 1 is 1.00 bits per heavy atom. The van der Waals surface area contributed by atoms with Crippen molar-refractivity contribution in [3.8, 4) is 0 Å². The molecule has 1 aliphatic rings. The molecule has 0 N–H and O–H groups in total. The van der Waals surface area contributed by atoms with Crippen LogP contribution >= 0.6 is 0 Å². The molecular weight excluding hydrogens is 398 g/mol. The van der Waals surface area contributed by atoms with E-state index in [4.69, 9.17) is 4.74 Å². The molecule has 0 radical (unpaired) electrons. The number of aryl methyl sites for hydroxylation is 2. The van der Waals surface area contributed by atoms with Crippen LogP contribution < -0.4 is 4.31 Å². The van der Waals surface area contributed by atoms with E-state index in [1.54, 1.807) is 12.1 Å². The lowest BCUT2D eigenvalue weighted by Gasteiger charge is -2.19. The maximum Gasteiger partial charge on any atom is 0.338 e. The minimum atomic E-state index is -3.76. The van der Waals surface area contributed by atoms with Crippen molar-refractivity contribution in [2.75, 3.05) is 10.8 Å². The molecule has 0 fully saturated rings. The van der Waals surface area contributed by atoms with Crippen molar-refractivity contribution in [1.29, 1.82) is 0 Å². The molecule has 0 saturated carbocycles. The number of carbonyl (C=O) groups is 1. The normalized spacial score (nSPS) is 13.2. The van der Waals surface area contributed by atoms with E-state index >= 15 is 0 Å². The van der Waals surface area contributed by atoms with Crippen molar-refractivity contribution in [3.63, 3.8) is 0 Å². The molecule has 30 heavy (non-hydrogen) atoms. The molecule has 0 aromatic heterocycles. The highest BCUT2D eigenvalue weighted by molar-refractivity contribution is 7.92. The van der Waals surface area contributed by atoms with Crippen LogP contribution in [0.5, 0.6) is 0 Å². The second-order valence-corrected chi connectivity index (χ2v) is 9.35. The number of rotatable bonds is 5. The van der Waals surface area contributed by atoms with E-state index in [1.165, 1.54) is 16.4 Å². The summed E-state index contributed by atoms with van der Waals surface area (Å²) in [6, 6.07) is 19.5. The first-order chi connectivity index (χ1) is 14.4. The van der Waals surface area contributed by atoms with Gasteiger partial charge in [-0.25, -0.2) is 13.2 Å². The number of para-hydroxylation sites is 1. The number of carbonyl (C=O) groups excluding carboxylic acids is 1. The van der Waals surface area contributed by atoms with Crippen LogP contribution in [0.15, 0.2) is 71.6 Å². The Balaban J connectivity index is 1.55. The fourth-order valence-electron chi connectivity index (χ4n) is 3.65. The van der Waals surface area contributed by atoms with Crippen LogP contribution in [0.4, 0.5) is 5.69 Å². The minimum Gasteiger partial charge on any atom is -0.457 e. The molecule has 3 aromatic carbocycles. The zero-order valence-corrected chi connectivity index (χ0v) is 17.8. The lowest BCUT2D eigenvalue weighted by atomic mass is 10.1. The first kappa shape index (κ1) is 20.2. The first-order valence-corrected chi connectivity index (χ1v) is 11.2. The van der Waals surface area contributed by atoms with E-state index in [1.807, 2.05) is 56.3 Å². The summed E-state index contributed by atoms with van der Waals surface area (Å²) in [5.74, 6) is -0.547. The summed E-state index contributed by atoms with van der Waals surface area (Å²) in [4.78, 5) is 12.7. The number of nitrogens with zero attached hydrogens (tertiary/aromatic N) is 1. The second kappa shape index (κ2) is 7.95. The highest BCUT2D eigenvalue weighted by Gasteiger charge is 2.31. The van der Waals surface area contributed by atoms with Gasteiger partial charge in [0.1, 0.15) is 6.61 Å². The fourth-order valence-corrected chi connectivity index (χ4v) is 5.20. The largest absolute Gasteiger partial charge is 0.457 e. The van der Waals surface area contributed by atoms with Crippen LogP contribution in [0.3, 0.4) is 0 Å². The van der Waals surface area contributed by atoms with Gasteiger partial charge in [0.25, 0.3) is 10.0 Å². The molecular formula is C24H23NO4S. The molecule has 4 rings (SSSR count). The van der Waals surface area contributed by atoms with E-state index < -0.39 is 16.0 Å². The Labute approximate surface area is 177 Å². The van der Waals surface area contributed by atoms with Gasteiger partial charge < -0.3 is 4.74 Å². The summed E-state index contributed by atoms with van der Waals surface area (Å²) in [5.41, 5.74) is 4.98. The Bertz CT molecular complexity index is 1220. The maximum atomic E-state index is 13.2. The third-order valence-electron chi connectivity index (χ3n) is 5.37. The third kappa shape index (κ3) is 3.83. The van der Waals surface area contributed by atoms with Crippen molar-refractivity contribution < 1.29 is 17.9 Å². The number of sulfonamides is 1. The van der Waals surface area contributed by atoms with Crippen molar-refractivity contribution in [2.24, 2.45) is 0 Å². The van der Waals surface area contributed by atoms with Crippen LogP contribution in [0, 0.1) is 13.8 Å². The van der Waals surface area contributed by atoms with Gasteiger partial charge in [-0.15, -0.1) is 0 Å². The Hall–Kier alpha value is -3.12. The average Bonchev–Trinajstić information content (AvgIpc) is 3.19. The zero-order chi connectivity index (χ0) is 21.3. The Kier molecular flexibility index (Phi) is 5.35. The molecule has 0 amide bonds. The molecule has 3 aromatic rings. The zero-order valence-electron chi connectivity index (χ0n) is 17.0. The summed E-state index contributed by atoms with van der Waals surface area (Å²) >= 11 is 0. The van der Waals surface area contributed by atoms with E-state index in [2.05, 4.69) is 0 Å². The number of hydrogen-bond acceptors (Lipinski definition) is 4. The quantitative estimate of drug-likeness (QED) is 0.573. The highest BCUT2D eigenvalue weighted by Crippen LogP contribution is 2.32. The number of hydrogen-bond donors (Lipinski definition) is 0. The van der Waals surface area contributed by atoms with Gasteiger partial charge in [0.2, 0.25) is 0 Å². The van der Waals surface area contributed by atoms with Gasteiger partial charge in [0.15, 0.2) is 0 Å². The topological polar surface area (TPSA) is 63.7 Å². The molecule has 5 nitrogen and oxygen atoms in total. The molecule has 0 atom stereocenters. The SMILES string of the molecule is Cc1ccc(C)c(COC(=O)c2cccc(S(=O)(=O)N3CCc4ccccc43)c2)c1. The molecule has 0 spiro atoms. The average molecular weight is 422 g/mol. The van der Waals surface area contributed by atoms with Crippen molar-refractivity contribution in [2.45, 2.75) is 31.8 Å². The van der Waals surface area contributed by atoms with E-state index in [0.717, 1.165) is 22.3 Å². The van der Waals surface area contributed by atoms with E-state index in [-0.39, 0.29) is 17.1 Å². The van der Waals surface area contributed by atoms with Gasteiger partial charge in [-0.2, -0.15) is 0 Å². The molecule has 1 heterocycles. The smallest absolute Gasteiger partial charge is 0.338 e. The second-order valence-electron chi connectivity index (χ2n) is 7.49. The van der Waals surface area contributed by atoms with Crippen LogP contribution in [-0.4, -0.2) is 20.9 Å². The maximum absolute atomic E-state index is 13.2. The van der Waals surface area contributed by atoms with Gasteiger partial charge in [-0.1, -0.05) is 48.0 Å². The number of fused-ring (bicyclic) bond motifs is 1. The molecule has 0 unspecified atom stereocenters. The third-order valence-corrected chi connectivity index (χ3v) is 7.17. The summed E-state index contributed by atoms with van der Waals surface area (Å²) in [6.45, 7) is 4.48. The lowest BCUT2D eigenvalue weighted by Crippen LogP contribution is -2.29. The van der Waals surface area contributed by atoms with Crippen molar-refractivity contribution >= 4 is 21.7 Å². The lowest BCUT2D eigenvalue weighted by molar-refractivity contribution is 0.0471. The standard InChI is InChI=1S/C24H23NO4S/c1-17-10-11-18(2)21(14-17)16-29-24(26)20-7-5-8-22(15-20)30(27,28)25-13-12-19-6-3-4-9-23(19)25/h3-11,14-15H,12-13,16H2,1-2H3. The molecule has 1 aliphatic heterocycles. The molecule has 0 bridgehead atoms. The summed E-state index contributed by atoms with van der Waals surface area (Å²) in [7, 11) is -3.76.